The van der Waals surface area contributed by atoms with E-state index < -0.39 is 22.9 Å². The van der Waals surface area contributed by atoms with E-state index in [1.54, 1.807) is 0 Å². The topological polar surface area (TPSA) is 65.7 Å². The maximum absolute atomic E-state index is 13.9. The molecule has 6 heteroatoms. The van der Waals surface area contributed by atoms with Gasteiger partial charge in [0.1, 0.15) is 11.6 Å². The Morgan fingerprint density at radius 2 is 1.45 bits per heavy atom. The number of halogens is 2. The molecule has 31 heavy (non-hydrogen) atoms. The molecular weight excluding hydrogens is 398 g/mol. The molecule has 1 aromatic heterocycles. The van der Waals surface area contributed by atoms with Gasteiger partial charge in [-0.05, 0) is 30.4 Å². The molecule has 166 valence electrons. The monoisotopic (exact) mass is 428 g/mol. The van der Waals surface area contributed by atoms with E-state index in [0.29, 0.717) is 11.3 Å². The van der Waals surface area contributed by atoms with Crippen molar-refractivity contribution in [2.24, 2.45) is 0 Å². The van der Waals surface area contributed by atoms with Gasteiger partial charge in [0, 0.05) is 23.7 Å². The Hall–Kier alpha value is -3.02. The smallest absolute Gasteiger partial charge is 0.311 e. The van der Waals surface area contributed by atoms with Crippen molar-refractivity contribution in [1.29, 1.82) is 0 Å². The fourth-order valence-electron chi connectivity index (χ4n) is 3.69. The molecule has 2 aromatic carbocycles. The number of aromatic nitrogens is 2. The van der Waals surface area contributed by atoms with E-state index in [2.05, 4.69) is 9.97 Å². The quantitative estimate of drug-likeness (QED) is 0.563. The lowest BCUT2D eigenvalue weighted by Crippen LogP contribution is -2.30. The van der Waals surface area contributed by atoms with Gasteiger partial charge in [0.25, 0.3) is 5.56 Å². The molecule has 2 N–H and O–H groups in total. The normalized spacial score (nSPS) is 13.4. The number of hydrogen-bond donors (Lipinski definition) is 2. The Bertz CT molecular complexity index is 1010. The van der Waals surface area contributed by atoms with Gasteiger partial charge in [-0.2, -0.15) is 0 Å². The molecule has 4 nitrogen and oxygen atoms in total. The minimum absolute atomic E-state index is 0.0318. The van der Waals surface area contributed by atoms with Gasteiger partial charge in [0.05, 0.1) is 0 Å². The lowest BCUT2D eigenvalue weighted by Gasteiger charge is -2.23. The highest BCUT2D eigenvalue weighted by atomic mass is 19.1. The summed E-state index contributed by atoms with van der Waals surface area (Å²) >= 11 is 0. The number of nitrogens with one attached hydrogen (secondary N) is 2. The molecule has 3 aromatic rings. The van der Waals surface area contributed by atoms with E-state index in [-0.39, 0.29) is 17.9 Å². The molecule has 0 atom stereocenters. The van der Waals surface area contributed by atoms with E-state index >= 15 is 0 Å². The first kappa shape index (κ1) is 24.3. The Kier molecular flexibility index (Phi) is 9.88. The third kappa shape index (κ3) is 7.31. The summed E-state index contributed by atoms with van der Waals surface area (Å²) < 4.78 is 26.9. The summed E-state index contributed by atoms with van der Waals surface area (Å²) in [7, 11) is 0. The van der Waals surface area contributed by atoms with Crippen LogP contribution < -0.4 is 11.2 Å². The highest BCUT2D eigenvalue weighted by molar-refractivity contribution is 5.30. The first-order valence-corrected chi connectivity index (χ1v) is 10.8. The molecule has 1 saturated carbocycles. The van der Waals surface area contributed by atoms with Crippen molar-refractivity contribution in [3.8, 4) is 0 Å². The van der Waals surface area contributed by atoms with Crippen molar-refractivity contribution in [1.82, 2.24) is 9.97 Å². The Balaban J connectivity index is 0.000000363. The predicted molar refractivity (Wildman–Crippen MR) is 120 cm³/mol. The number of H-pyrrole nitrogens is 2. The van der Waals surface area contributed by atoms with Crippen molar-refractivity contribution in [3.05, 3.63) is 104 Å². The Morgan fingerprint density at radius 3 is 2.00 bits per heavy atom. The second-order valence-electron chi connectivity index (χ2n) is 7.20. The molecule has 0 bridgehead atoms. The van der Waals surface area contributed by atoms with Crippen LogP contribution in [0.2, 0.25) is 0 Å². The lowest BCUT2D eigenvalue weighted by molar-refractivity contribution is 0.432. The van der Waals surface area contributed by atoms with Crippen LogP contribution in [0.1, 0.15) is 68.7 Å². The van der Waals surface area contributed by atoms with Crippen LogP contribution >= 0.6 is 0 Å². The first-order chi connectivity index (χ1) is 15.0. The van der Waals surface area contributed by atoms with Crippen LogP contribution in [0.5, 0.6) is 0 Å². The van der Waals surface area contributed by atoms with Crippen molar-refractivity contribution in [2.45, 2.75) is 58.3 Å². The standard InChI is InChI=1S/C17H18F2N2O2.C6H6.C2H6/c18-12-7-6-11(14(19)9-12)8-13-15(10-4-2-1-3-5-10)20-17(23)21-16(13)22;1-2-4-6-5-3-1;1-2/h6-7,9-10H,1-5,8H2,(H2,20,21,22,23);1-6H;1-2H3. The summed E-state index contributed by atoms with van der Waals surface area (Å²) in [5.41, 5.74) is 0.155. The number of rotatable bonds is 3. The molecule has 0 amide bonds. The number of aromatic amines is 2. The molecule has 1 heterocycles. The molecule has 1 aliphatic rings. The number of benzene rings is 2. The van der Waals surface area contributed by atoms with E-state index in [9.17, 15) is 18.4 Å². The highest BCUT2D eigenvalue weighted by Gasteiger charge is 2.22. The van der Waals surface area contributed by atoms with E-state index in [1.807, 2.05) is 50.2 Å². The molecule has 0 saturated heterocycles. The average Bonchev–Trinajstić information content (AvgIpc) is 2.80. The van der Waals surface area contributed by atoms with Crippen LogP contribution in [0.4, 0.5) is 8.78 Å². The summed E-state index contributed by atoms with van der Waals surface area (Å²) in [6, 6.07) is 15.3. The summed E-state index contributed by atoms with van der Waals surface area (Å²) in [5, 5.41) is 0. The molecule has 0 unspecified atom stereocenters. The third-order valence-electron chi connectivity index (χ3n) is 5.14. The fraction of sp³-hybridized carbons (Fsp3) is 0.360. The predicted octanol–water partition coefficient (Wildman–Crippen LogP) is 5.69. The van der Waals surface area contributed by atoms with Crippen molar-refractivity contribution < 1.29 is 8.78 Å². The SMILES string of the molecule is CC.O=c1[nH]c(C2CCCCC2)c(Cc2ccc(F)cc2F)c(=O)[nH]1.c1ccccc1. The van der Waals surface area contributed by atoms with Gasteiger partial charge in [-0.15, -0.1) is 0 Å². The van der Waals surface area contributed by atoms with Crippen LogP contribution in [0, 0.1) is 11.6 Å². The Labute approximate surface area is 181 Å². The lowest BCUT2D eigenvalue weighted by atomic mass is 9.84. The van der Waals surface area contributed by atoms with Crippen molar-refractivity contribution in [2.75, 3.05) is 0 Å². The molecule has 1 fully saturated rings. The van der Waals surface area contributed by atoms with Gasteiger partial charge in [-0.1, -0.05) is 75.6 Å². The maximum Gasteiger partial charge on any atom is 0.325 e. The van der Waals surface area contributed by atoms with Gasteiger partial charge in [-0.25, -0.2) is 13.6 Å². The molecule has 0 aliphatic heterocycles. The van der Waals surface area contributed by atoms with E-state index in [4.69, 9.17) is 0 Å². The molecule has 1 aliphatic carbocycles. The summed E-state index contributed by atoms with van der Waals surface area (Å²) in [6.07, 6.45) is 5.07. The van der Waals surface area contributed by atoms with Crippen molar-refractivity contribution in [3.63, 3.8) is 0 Å². The van der Waals surface area contributed by atoms with Crippen LogP contribution in [-0.4, -0.2) is 9.97 Å². The summed E-state index contributed by atoms with van der Waals surface area (Å²) in [4.78, 5) is 28.8. The van der Waals surface area contributed by atoms with Crippen LogP contribution in [0.3, 0.4) is 0 Å². The zero-order valence-electron chi connectivity index (χ0n) is 18.1. The van der Waals surface area contributed by atoms with Gasteiger partial charge < -0.3 is 4.98 Å². The van der Waals surface area contributed by atoms with Crippen LogP contribution in [-0.2, 0) is 6.42 Å². The summed E-state index contributed by atoms with van der Waals surface area (Å²) in [6.45, 7) is 4.00. The summed E-state index contributed by atoms with van der Waals surface area (Å²) in [5.74, 6) is -1.24. The largest absolute Gasteiger partial charge is 0.325 e. The second kappa shape index (κ2) is 12.6. The second-order valence-corrected chi connectivity index (χ2v) is 7.20. The third-order valence-corrected chi connectivity index (χ3v) is 5.14. The highest BCUT2D eigenvalue weighted by Crippen LogP contribution is 2.32. The first-order valence-electron chi connectivity index (χ1n) is 10.8. The number of hydrogen-bond acceptors (Lipinski definition) is 2. The van der Waals surface area contributed by atoms with Crippen LogP contribution in [0.15, 0.2) is 64.2 Å². The zero-order chi connectivity index (χ0) is 22.6. The maximum atomic E-state index is 13.9. The molecule has 0 radical (unpaired) electrons. The van der Waals surface area contributed by atoms with Gasteiger partial charge >= 0.3 is 5.69 Å². The van der Waals surface area contributed by atoms with Gasteiger partial charge in [0.2, 0.25) is 0 Å². The molecule has 0 spiro atoms. The van der Waals surface area contributed by atoms with Crippen molar-refractivity contribution >= 4 is 0 Å². The fourth-order valence-corrected chi connectivity index (χ4v) is 3.69. The van der Waals surface area contributed by atoms with E-state index in [0.717, 1.165) is 38.2 Å². The van der Waals surface area contributed by atoms with Gasteiger partial charge in [0.15, 0.2) is 0 Å². The van der Waals surface area contributed by atoms with Gasteiger partial charge in [-0.3, -0.25) is 9.78 Å². The Morgan fingerprint density at radius 1 is 0.871 bits per heavy atom. The molecule has 4 rings (SSSR count). The molecular formula is C25H30F2N2O2. The van der Waals surface area contributed by atoms with E-state index in [1.165, 1.54) is 12.1 Å². The zero-order valence-corrected chi connectivity index (χ0v) is 18.1. The minimum atomic E-state index is -0.690. The van der Waals surface area contributed by atoms with Crippen LogP contribution in [0.25, 0.3) is 0 Å². The average molecular weight is 429 g/mol. The minimum Gasteiger partial charge on any atom is -0.311 e.